The maximum atomic E-state index is 11.8. The second-order valence-electron chi connectivity index (χ2n) is 4.23. The molecule has 0 rings (SSSR count). The van der Waals surface area contributed by atoms with Crippen molar-refractivity contribution in [2.24, 2.45) is 0 Å². The van der Waals surface area contributed by atoms with Crippen molar-refractivity contribution < 1.29 is 17.9 Å². The van der Waals surface area contributed by atoms with Gasteiger partial charge in [0.25, 0.3) is 0 Å². The topological polar surface area (TPSA) is 45.0 Å². The lowest BCUT2D eigenvalue weighted by atomic mass is 9.92. The van der Waals surface area contributed by atoms with E-state index in [1.54, 1.807) is 7.05 Å². The summed E-state index contributed by atoms with van der Waals surface area (Å²) < 4.78 is 40.6. The minimum absolute atomic E-state index is 0.00724. The Balaban J connectivity index is 3.60. The van der Waals surface area contributed by atoms with Crippen molar-refractivity contribution >= 4 is 0 Å². The second-order valence-corrected chi connectivity index (χ2v) is 4.23. The summed E-state index contributed by atoms with van der Waals surface area (Å²) in [7, 11) is 1.73. The van der Waals surface area contributed by atoms with E-state index < -0.39 is 18.1 Å². The third kappa shape index (κ3) is 7.51. The zero-order valence-corrected chi connectivity index (χ0v) is 10.9. The summed E-state index contributed by atoms with van der Waals surface area (Å²) in [6.07, 6.45) is -2.93. The van der Waals surface area contributed by atoms with Crippen molar-refractivity contribution in [1.29, 1.82) is 5.26 Å². The Kier molecular flexibility index (Phi) is 7.96. The minimum atomic E-state index is -4.10. The van der Waals surface area contributed by atoms with Crippen LogP contribution in [0.15, 0.2) is 0 Å². The number of nitrogens with zero attached hydrogens (tertiary/aromatic N) is 1. The maximum Gasteiger partial charge on any atom is 0.389 e. The van der Waals surface area contributed by atoms with Crippen molar-refractivity contribution in [3.05, 3.63) is 0 Å². The maximum absolute atomic E-state index is 11.8. The molecule has 0 amide bonds. The van der Waals surface area contributed by atoms with Gasteiger partial charge in [0.05, 0.1) is 6.07 Å². The molecule has 1 N–H and O–H groups in total. The third-order valence-corrected chi connectivity index (χ3v) is 2.94. The summed E-state index contributed by atoms with van der Waals surface area (Å²) in [4.78, 5) is 0. The first-order valence-corrected chi connectivity index (χ1v) is 6.14. The van der Waals surface area contributed by atoms with Gasteiger partial charge in [-0.15, -0.1) is 0 Å². The molecular weight excluding hydrogens is 245 g/mol. The molecule has 0 aromatic carbocycles. The highest BCUT2D eigenvalue weighted by molar-refractivity contribution is 5.05. The molecule has 18 heavy (non-hydrogen) atoms. The average Bonchev–Trinajstić information content (AvgIpc) is 2.32. The molecule has 0 aromatic rings. The van der Waals surface area contributed by atoms with Gasteiger partial charge in [-0.2, -0.15) is 18.4 Å². The molecule has 0 saturated carbocycles. The Hall–Kier alpha value is -0.800. The van der Waals surface area contributed by atoms with Crippen LogP contribution in [0, 0.1) is 11.3 Å². The smallest absolute Gasteiger partial charge is 0.381 e. The number of ether oxygens (including phenoxy) is 1. The van der Waals surface area contributed by atoms with Crippen molar-refractivity contribution in [2.45, 2.75) is 50.7 Å². The minimum Gasteiger partial charge on any atom is -0.381 e. The van der Waals surface area contributed by atoms with Gasteiger partial charge in [-0.3, -0.25) is 0 Å². The molecule has 0 aliphatic heterocycles. The zero-order chi connectivity index (χ0) is 14.1. The lowest BCUT2D eigenvalue weighted by Gasteiger charge is -2.24. The Morgan fingerprint density at radius 1 is 1.17 bits per heavy atom. The average molecular weight is 266 g/mol. The van der Waals surface area contributed by atoms with E-state index in [2.05, 4.69) is 11.4 Å². The van der Waals surface area contributed by atoms with Crippen LogP contribution >= 0.6 is 0 Å². The molecule has 106 valence electrons. The van der Waals surface area contributed by atoms with Gasteiger partial charge in [0.2, 0.25) is 0 Å². The number of hydrogen-bond acceptors (Lipinski definition) is 3. The number of hydrogen-bond donors (Lipinski definition) is 1. The molecular formula is C12H21F3N2O. The highest BCUT2D eigenvalue weighted by atomic mass is 19.4. The number of nitriles is 1. The fourth-order valence-electron chi connectivity index (χ4n) is 1.62. The first-order chi connectivity index (χ1) is 8.39. The van der Waals surface area contributed by atoms with Crippen LogP contribution in [-0.2, 0) is 4.74 Å². The van der Waals surface area contributed by atoms with E-state index in [1.165, 1.54) is 0 Å². The Morgan fingerprint density at radius 3 is 2.11 bits per heavy atom. The Labute approximate surface area is 106 Å². The number of nitrogens with one attached hydrogen (secondary N) is 1. The predicted octanol–water partition coefficient (Wildman–Crippen LogP) is 3.02. The summed E-state index contributed by atoms with van der Waals surface area (Å²) >= 11 is 0. The summed E-state index contributed by atoms with van der Waals surface area (Å²) in [5, 5.41) is 12.0. The molecule has 0 heterocycles. The van der Waals surface area contributed by atoms with E-state index in [4.69, 9.17) is 10.00 Å². The highest BCUT2D eigenvalue weighted by Crippen LogP contribution is 2.21. The van der Waals surface area contributed by atoms with Gasteiger partial charge in [-0.25, -0.2) is 0 Å². The fraction of sp³-hybridized carbons (Fsp3) is 0.917. The molecule has 1 unspecified atom stereocenters. The van der Waals surface area contributed by atoms with E-state index in [1.807, 2.05) is 6.92 Å². The second kappa shape index (κ2) is 8.33. The van der Waals surface area contributed by atoms with Gasteiger partial charge in [-0.05, 0) is 32.7 Å². The summed E-state index contributed by atoms with van der Waals surface area (Å²) in [5.41, 5.74) is -0.546. The Bertz CT molecular complexity index is 257. The van der Waals surface area contributed by atoms with Gasteiger partial charge >= 0.3 is 6.18 Å². The van der Waals surface area contributed by atoms with Gasteiger partial charge in [0, 0.05) is 19.6 Å². The highest BCUT2D eigenvalue weighted by Gasteiger charge is 2.26. The standard InChI is InChI=1S/C12H21F3N2O/c1-3-11(10-16,17-2)6-4-8-18-9-5-7-12(13,14)15/h17H,3-9H2,1-2H3. The number of alkyl halides is 3. The van der Waals surface area contributed by atoms with Crippen LogP contribution in [0.3, 0.4) is 0 Å². The normalized spacial score (nSPS) is 15.1. The van der Waals surface area contributed by atoms with Gasteiger partial charge in [-0.1, -0.05) is 6.92 Å². The van der Waals surface area contributed by atoms with Crippen LogP contribution < -0.4 is 5.32 Å². The van der Waals surface area contributed by atoms with E-state index in [0.717, 1.165) is 0 Å². The first-order valence-electron chi connectivity index (χ1n) is 6.14. The summed E-state index contributed by atoms with van der Waals surface area (Å²) in [5.74, 6) is 0. The first kappa shape index (κ1) is 17.2. The van der Waals surface area contributed by atoms with Crippen LogP contribution in [0.1, 0.15) is 39.0 Å². The van der Waals surface area contributed by atoms with Crippen molar-refractivity contribution in [3.63, 3.8) is 0 Å². The van der Waals surface area contributed by atoms with Gasteiger partial charge in [0.1, 0.15) is 5.54 Å². The predicted molar refractivity (Wildman–Crippen MR) is 63.0 cm³/mol. The van der Waals surface area contributed by atoms with E-state index >= 15 is 0 Å². The number of rotatable bonds is 9. The SMILES string of the molecule is CCC(C#N)(CCCOCCCC(F)(F)F)NC. The molecule has 0 radical (unpaired) electrons. The van der Waals surface area contributed by atoms with Crippen molar-refractivity contribution in [2.75, 3.05) is 20.3 Å². The van der Waals surface area contributed by atoms with Crippen LogP contribution in [0.25, 0.3) is 0 Å². The molecule has 0 aliphatic carbocycles. The van der Waals surface area contributed by atoms with Crippen LogP contribution in [0.4, 0.5) is 13.2 Å². The Morgan fingerprint density at radius 2 is 1.72 bits per heavy atom. The van der Waals surface area contributed by atoms with Gasteiger partial charge < -0.3 is 10.1 Å². The van der Waals surface area contributed by atoms with E-state index in [0.29, 0.717) is 25.9 Å². The van der Waals surface area contributed by atoms with Crippen LogP contribution in [0.2, 0.25) is 0 Å². The molecule has 0 saturated heterocycles. The molecule has 1 atom stereocenters. The van der Waals surface area contributed by atoms with E-state index in [9.17, 15) is 13.2 Å². The van der Waals surface area contributed by atoms with Gasteiger partial charge in [0.15, 0.2) is 0 Å². The quantitative estimate of drug-likeness (QED) is 0.652. The molecule has 0 spiro atoms. The fourth-order valence-corrected chi connectivity index (χ4v) is 1.62. The molecule has 3 nitrogen and oxygen atoms in total. The van der Waals surface area contributed by atoms with Crippen molar-refractivity contribution in [3.8, 4) is 6.07 Å². The van der Waals surface area contributed by atoms with Crippen molar-refractivity contribution in [1.82, 2.24) is 5.32 Å². The van der Waals surface area contributed by atoms with Crippen LogP contribution in [-0.4, -0.2) is 32.0 Å². The lowest BCUT2D eigenvalue weighted by molar-refractivity contribution is -0.137. The molecule has 0 fully saturated rings. The zero-order valence-electron chi connectivity index (χ0n) is 10.9. The lowest BCUT2D eigenvalue weighted by Crippen LogP contribution is -2.40. The molecule has 6 heteroatoms. The van der Waals surface area contributed by atoms with Crippen LogP contribution in [0.5, 0.6) is 0 Å². The molecule has 0 aromatic heterocycles. The number of halogens is 3. The third-order valence-electron chi connectivity index (χ3n) is 2.94. The molecule has 0 aliphatic rings. The summed E-state index contributed by atoms with van der Waals surface area (Å²) in [6, 6.07) is 2.22. The monoisotopic (exact) mass is 266 g/mol. The van der Waals surface area contributed by atoms with E-state index in [-0.39, 0.29) is 13.0 Å². The molecule has 0 bridgehead atoms. The summed E-state index contributed by atoms with van der Waals surface area (Å²) in [6.45, 7) is 2.43. The largest absolute Gasteiger partial charge is 0.389 e.